The number of aromatic nitrogens is 2. The summed E-state index contributed by atoms with van der Waals surface area (Å²) in [5, 5.41) is 4.73. The normalized spacial score (nSPS) is 17.8. The van der Waals surface area contributed by atoms with Gasteiger partial charge >= 0.3 is 0 Å². The summed E-state index contributed by atoms with van der Waals surface area (Å²) in [5.74, 6) is 0. The van der Waals surface area contributed by atoms with Crippen LogP contribution >= 0.6 is 22.7 Å². The van der Waals surface area contributed by atoms with Gasteiger partial charge in [-0.15, -0.1) is 11.3 Å². The van der Waals surface area contributed by atoms with E-state index in [1.807, 2.05) is 16.8 Å². The predicted octanol–water partition coefficient (Wildman–Crippen LogP) is 3.53. The highest BCUT2D eigenvalue weighted by atomic mass is 32.1. The summed E-state index contributed by atoms with van der Waals surface area (Å²) in [4.78, 5) is 14.2. The molecule has 0 spiro atoms. The van der Waals surface area contributed by atoms with Gasteiger partial charge in [-0.2, -0.15) is 0 Å². The Labute approximate surface area is 134 Å². The molecular formula is C15H22N4S2. The van der Waals surface area contributed by atoms with E-state index in [0.29, 0.717) is 6.04 Å². The van der Waals surface area contributed by atoms with Gasteiger partial charge in [-0.3, -0.25) is 0 Å². The van der Waals surface area contributed by atoms with Crippen LogP contribution in [0, 0.1) is 6.92 Å². The van der Waals surface area contributed by atoms with Crippen molar-refractivity contribution in [2.75, 3.05) is 18.5 Å². The molecule has 0 radical (unpaired) electrons. The molecular weight excluding hydrogens is 300 g/mol. The highest BCUT2D eigenvalue weighted by molar-refractivity contribution is 7.15. The molecule has 2 aromatic rings. The third-order valence-corrected chi connectivity index (χ3v) is 6.19. The molecule has 2 aromatic heterocycles. The molecule has 1 aliphatic carbocycles. The summed E-state index contributed by atoms with van der Waals surface area (Å²) in [7, 11) is 2.13. The van der Waals surface area contributed by atoms with Crippen LogP contribution in [0.25, 0.3) is 0 Å². The van der Waals surface area contributed by atoms with E-state index >= 15 is 0 Å². The van der Waals surface area contributed by atoms with Crippen molar-refractivity contribution in [2.45, 2.75) is 45.7 Å². The molecule has 0 saturated carbocycles. The zero-order valence-electron chi connectivity index (χ0n) is 12.8. The molecule has 1 atom stereocenters. The minimum Gasteiger partial charge on any atom is -0.346 e. The van der Waals surface area contributed by atoms with Crippen molar-refractivity contribution in [2.24, 2.45) is 0 Å². The second-order valence-electron chi connectivity index (χ2n) is 5.53. The maximum atomic E-state index is 4.88. The number of nitrogens with zero attached hydrogens (tertiary/aromatic N) is 3. The predicted molar refractivity (Wildman–Crippen MR) is 90.4 cm³/mol. The van der Waals surface area contributed by atoms with Crippen molar-refractivity contribution in [1.29, 1.82) is 0 Å². The lowest BCUT2D eigenvalue weighted by Crippen LogP contribution is -2.23. The quantitative estimate of drug-likeness (QED) is 0.914. The molecule has 0 bridgehead atoms. The first-order chi connectivity index (χ1) is 10.2. The maximum absolute atomic E-state index is 4.88. The SMILES string of the molecule is CCNC1CCCc2nc(N(C)Cc3scnc3C)sc21. The monoisotopic (exact) mass is 322 g/mol. The fourth-order valence-electron chi connectivity index (χ4n) is 2.77. The van der Waals surface area contributed by atoms with Crippen molar-refractivity contribution >= 4 is 27.8 Å². The standard InChI is InChI=1S/C15H22N4S2/c1-4-16-11-6-5-7-12-14(11)21-15(18-12)19(3)8-13-10(2)17-9-20-13/h9,11,16H,4-8H2,1-3H3. The van der Waals surface area contributed by atoms with Gasteiger partial charge in [0.15, 0.2) is 5.13 Å². The van der Waals surface area contributed by atoms with E-state index in [1.54, 1.807) is 11.3 Å². The average molecular weight is 323 g/mol. The molecule has 0 aliphatic heterocycles. The third-order valence-electron chi connectivity index (χ3n) is 3.94. The number of aryl methyl sites for hydroxylation is 2. The van der Waals surface area contributed by atoms with Crippen LogP contribution in [0.2, 0.25) is 0 Å². The van der Waals surface area contributed by atoms with Crippen LogP contribution in [0.5, 0.6) is 0 Å². The van der Waals surface area contributed by atoms with Gasteiger partial charge in [-0.25, -0.2) is 9.97 Å². The van der Waals surface area contributed by atoms with Gasteiger partial charge in [0.25, 0.3) is 0 Å². The highest BCUT2D eigenvalue weighted by Crippen LogP contribution is 2.37. The van der Waals surface area contributed by atoms with Gasteiger partial charge in [-0.1, -0.05) is 18.3 Å². The summed E-state index contributed by atoms with van der Waals surface area (Å²) in [6, 6.07) is 0.503. The average Bonchev–Trinajstić information content (AvgIpc) is 3.07. The molecule has 0 aromatic carbocycles. The smallest absolute Gasteiger partial charge is 0.185 e. The van der Waals surface area contributed by atoms with Crippen molar-refractivity contribution < 1.29 is 0 Å². The Kier molecular flexibility index (Phi) is 4.57. The molecule has 1 aliphatic rings. The van der Waals surface area contributed by atoms with Gasteiger partial charge in [0.1, 0.15) is 0 Å². The lowest BCUT2D eigenvalue weighted by molar-refractivity contribution is 0.476. The Morgan fingerprint density at radius 2 is 2.33 bits per heavy atom. The van der Waals surface area contributed by atoms with Gasteiger partial charge in [-0.05, 0) is 32.7 Å². The van der Waals surface area contributed by atoms with Gasteiger partial charge in [0.05, 0.1) is 23.4 Å². The molecule has 1 unspecified atom stereocenters. The topological polar surface area (TPSA) is 41.1 Å². The largest absolute Gasteiger partial charge is 0.346 e. The van der Waals surface area contributed by atoms with E-state index in [0.717, 1.165) is 30.3 Å². The summed E-state index contributed by atoms with van der Waals surface area (Å²) < 4.78 is 0. The Bertz CT molecular complexity index is 605. The number of thiazole rings is 2. The highest BCUT2D eigenvalue weighted by Gasteiger charge is 2.25. The first-order valence-electron chi connectivity index (χ1n) is 7.52. The molecule has 4 nitrogen and oxygen atoms in total. The van der Waals surface area contributed by atoms with Crippen LogP contribution in [0.1, 0.15) is 46.9 Å². The number of rotatable bonds is 5. The number of anilines is 1. The van der Waals surface area contributed by atoms with E-state index in [1.165, 1.54) is 28.3 Å². The summed E-state index contributed by atoms with van der Waals surface area (Å²) in [6.45, 7) is 6.17. The summed E-state index contributed by atoms with van der Waals surface area (Å²) in [5.41, 5.74) is 4.37. The van der Waals surface area contributed by atoms with E-state index in [-0.39, 0.29) is 0 Å². The van der Waals surface area contributed by atoms with Crippen molar-refractivity contribution in [3.8, 4) is 0 Å². The molecule has 0 saturated heterocycles. The number of hydrogen-bond acceptors (Lipinski definition) is 6. The van der Waals surface area contributed by atoms with Gasteiger partial charge < -0.3 is 10.2 Å². The number of nitrogens with one attached hydrogen (secondary N) is 1. The van der Waals surface area contributed by atoms with Gasteiger partial charge in [0, 0.05) is 22.8 Å². The Morgan fingerprint density at radius 1 is 1.48 bits per heavy atom. The minimum absolute atomic E-state index is 0.503. The molecule has 0 fully saturated rings. The zero-order valence-corrected chi connectivity index (χ0v) is 14.5. The van der Waals surface area contributed by atoms with E-state index in [9.17, 15) is 0 Å². The molecule has 0 amide bonds. The first kappa shape index (κ1) is 14.9. The van der Waals surface area contributed by atoms with Crippen LogP contribution in [0.4, 0.5) is 5.13 Å². The minimum atomic E-state index is 0.503. The first-order valence-corrected chi connectivity index (χ1v) is 9.21. The lowest BCUT2D eigenvalue weighted by atomic mass is 9.98. The maximum Gasteiger partial charge on any atom is 0.185 e. The lowest BCUT2D eigenvalue weighted by Gasteiger charge is -2.21. The van der Waals surface area contributed by atoms with Crippen molar-refractivity contribution in [1.82, 2.24) is 15.3 Å². The summed E-state index contributed by atoms with van der Waals surface area (Å²) in [6.07, 6.45) is 3.60. The van der Waals surface area contributed by atoms with E-state index in [2.05, 4.69) is 36.1 Å². The Balaban J connectivity index is 1.78. The van der Waals surface area contributed by atoms with Crippen LogP contribution in [0.15, 0.2) is 5.51 Å². The molecule has 6 heteroatoms. The fourth-order valence-corrected chi connectivity index (χ4v) is 4.78. The Morgan fingerprint density at radius 3 is 3.05 bits per heavy atom. The zero-order chi connectivity index (χ0) is 14.8. The second kappa shape index (κ2) is 6.42. The Hall–Kier alpha value is -0.980. The van der Waals surface area contributed by atoms with Crippen LogP contribution in [-0.4, -0.2) is 23.6 Å². The fraction of sp³-hybridized carbons (Fsp3) is 0.600. The van der Waals surface area contributed by atoms with Crippen molar-refractivity contribution in [3.05, 3.63) is 26.7 Å². The van der Waals surface area contributed by atoms with Crippen LogP contribution < -0.4 is 10.2 Å². The van der Waals surface area contributed by atoms with E-state index in [4.69, 9.17) is 4.98 Å². The third kappa shape index (κ3) is 3.12. The second-order valence-corrected chi connectivity index (χ2v) is 7.48. The van der Waals surface area contributed by atoms with Crippen LogP contribution in [0.3, 0.4) is 0 Å². The van der Waals surface area contributed by atoms with Gasteiger partial charge in [0.2, 0.25) is 0 Å². The van der Waals surface area contributed by atoms with Crippen molar-refractivity contribution in [3.63, 3.8) is 0 Å². The molecule has 2 heterocycles. The number of hydrogen-bond donors (Lipinski definition) is 1. The molecule has 1 N–H and O–H groups in total. The molecule has 3 rings (SSSR count). The number of fused-ring (bicyclic) bond motifs is 1. The van der Waals surface area contributed by atoms with Crippen LogP contribution in [-0.2, 0) is 13.0 Å². The summed E-state index contributed by atoms with van der Waals surface area (Å²) >= 11 is 3.58. The molecule has 114 valence electrons. The van der Waals surface area contributed by atoms with E-state index < -0.39 is 0 Å². The molecule has 21 heavy (non-hydrogen) atoms.